The zero-order valence-corrected chi connectivity index (χ0v) is 8.70. The fourth-order valence-corrected chi connectivity index (χ4v) is 1.59. The van der Waals surface area contributed by atoms with Gasteiger partial charge in [0.15, 0.2) is 0 Å². The molecule has 0 spiro atoms. The van der Waals surface area contributed by atoms with E-state index in [2.05, 4.69) is 16.5 Å². The predicted molar refractivity (Wildman–Crippen MR) is 60.5 cm³/mol. The third-order valence-electron chi connectivity index (χ3n) is 2.44. The first-order valence-electron chi connectivity index (χ1n) is 4.92. The van der Waals surface area contributed by atoms with Crippen molar-refractivity contribution >= 4 is 11.0 Å². The van der Waals surface area contributed by atoms with Crippen LogP contribution in [0.1, 0.15) is 19.2 Å². The van der Waals surface area contributed by atoms with Gasteiger partial charge in [0.25, 0.3) is 0 Å². The quantitative estimate of drug-likeness (QED) is 0.750. The molecule has 2 N–H and O–H groups in total. The van der Waals surface area contributed by atoms with E-state index in [-0.39, 0.29) is 0 Å². The molecule has 0 aliphatic rings. The Balaban J connectivity index is 2.48. The van der Waals surface area contributed by atoms with Crippen molar-refractivity contribution in [1.82, 2.24) is 9.97 Å². The maximum atomic E-state index is 10.1. The first kappa shape index (κ1) is 9.93. The summed E-state index contributed by atoms with van der Waals surface area (Å²) >= 11 is 0. The van der Waals surface area contributed by atoms with Gasteiger partial charge >= 0.3 is 0 Å². The van der Waals surface area contributed by atoms with Gasteiger partial charge in [0.1, 0.15) is 11.4 Å². The number of hydrogen-bond acceptors (Lipinski definition) is 2. The molecule has 1 atom stereocenters. The summed E-state index contributed by atoms with van der Waals surface area (Å²) in [5.41, 5.74) is 0.842. The standard InChI is InChI=1S/C12H14N2O/c1-3-8-12(2,15)11-13-9-6-4-5-7-10(9)14-11/h3-7,15H,1,8H2,2H3,(H,13,14). The molecule has 1 aromatic heterocycles. The molecule has 0 amide bonds. The van der Waals surface area contributed by atoms with Gasteiger partial charge in [-0.05, 0) is 19.1 Å². The third kappa shape index (κ3) is 1.78. The van der Waals surface area contributed by atoms with Crippen LogP contribution in [0.2, 0.25) is 0 Å². The number of para-hydroxylation sites is 2. The number of aromatic nitrogens is 2. The molecule has 0 aliphatic heterocycles. The number of fused-ring (bicyclic) bond motifs is 1. The molecule has 0 saturated heterocycles. The van der Waals surface area contributed by atoms with Gasteiger partial charge in [0.2, 0.25) is 0 Å². The maximum absolute atomic E-state index is 10.1. The number of nitrogens with zero attached hydrogens (tertiary/aromatic N) is 1. The van der Waals surface area contributed by atoms with Gasteiger partial charge < -0.3 is 10.1 Å². The van der Waals surface area contributed by atoms with Crippen molar-refractivity contribution in [3.8, 4) is 0 Å². The highest BCUT2D eigenvalue weighted by molar-refractivity contribution is 5.74. The summed E-state index contributed by atoms with van der Waals surface area (Å²) in [5.74, 6) is 0.587. The van der Waals surface area contributed by atoms with Crippen molar-refractivity contribution in [2.75, 3.05) is 0 Å². The summed E-state index contributed by atoms with van der Waals surface area (Å²) in [7, 11) is 0. The Bertz CT molecular complexity index is 452. The molecular weight excluding hydrogens is 188 g/mol. The molecule has 3 heteroatoms. The van der Waals surface area contributed by atoms with Crippen molar-refractivity contribution in [2.24, 2.45) is 0 Å². The second-order valence-electron chi connectivity index (χ2n) is 3.87. The van der Waals surface area contributed by atoms with Gasteiger partial charge in [0, 0.05) is 6.42 Å². The van der Waals surface area contributed by atoms with Crippen molar-refractivity contribution < 1.29 is 5.11 Å². The van der Waals surface area contributed by atoms with Crippen LogP contribution in [0.4, 0.5) is 0 Å². The predicted octanol–water partition coefficient (Wildman–Crippen LogP) is 2.35. The largest absolute Gasteiger partial charge is 0.382 e. The van der Waals surface area contributed by atoms with Crippen molar-refractivity contribution in [1.29, 1.82) is 0 Å². The van der Waals surface area contributed by atoms with Crippen LogP contribution in [0, 0.1) is 0 Å². The highest BCUT2D eigenvalue weighted by Crippen LogP contribution is 2.24. The minimum absolute atomic E-state index is 0.479. The molecule has 0 radical (unpaired) electrons. The van der Waals surface area contributed by atoms with Crippen LogP contribution in [0.3, 0.4) is 0 Å². The van der Waals surface area contributed by atoms with E-state index in [9.17, 15) is 5.11 Å². The molecule has 15 heavy (non-hydrogen) atoms. The smallest absolute Gasteiger partial charge is 0.139 e. The van der Waals surface area contributed by atoms with Crippen molar-refractivity contribution in [3.05, 3.63) is 42.7 Å². The van der Waals surface area contributed by atoms with Crippen LogP contribution in [0.25, 0.3) is 11.0 Å². The Morgan fingerprint density at radius 1 is 1.53 bits per heavy atom. The molecule has 1 unspecified atom stereocenters. The molecule has 1 heterocycles. The van der Waals surface area contributed by atoms with E-state index in [1.54, 1.807) is 13.0 Å². The van der Waals surface area contributed by atoms with Gasteiger partial charge in [-0.15, -0.1) is 6.58 Å². The topological polar surface area (TPSA) is 48.9 Å². The van der Waals surface area contributed by atoms with Gasteiger partial charge in [-0.3, -0.25) is 0 Å². The first-order valence-corrected chi connectivity index (χ1v) is 4.92. The minimum Gasteiger partial charge on any atom is -0.382 e. The number of H-pyrrole nitrogens is 1. The monoisotopic (exact) mass is 202 g/mol. The van der Waals surface area contributed by atoms with E-state index in [0.717, 1.165) is 11.0 Å². The molecule has 2 rings (SSSR count). The normalized spacial score (nSPS) is 15.1. The Morgan fingerprint density at radius 2 is 2.27 bits per heavy atom. The summed E-state index contributed by atoms with van der Waals surface area (Å²) < 4.78 is 0. The molecule has 0 bridgehead atoms. The number of rotatable bonds is 3. The summed E-state index contributed by atoms with van der Waals surface area (Å²) in [6, 6.07) is 7.72. The molecule has 0 saturated carbocycles. The zero-order chi connectivity index (χ0) is 10.9. The highest BCUT2D eigenvalue weighted by atomic mass is 16.3. The Labute approximate surface area is 88.5 Å². The molecule has 2 aromatic rings. The van der Waals surface area contributed by atoms with Gasteiger partial charge in [0.05, 0.1) is 11.0 Å². The summed E-state index contributed by atoms with van der Waals surface area (Å²) in [5, 5.41) is 10.1. The molecular formula is C12H14N2O. The maximum Gasteiger partial charge on any atom is 0.139 e. The molecule has 0 fully saturated rings. The number of imidazole rings is 1. The lowest BCUT2D eigenvalue weighted by Gasteiger charge is -2.17. The number of nitrogens with one attached hydrogen (secondary N) is 1. The fourth-order valence-electron chi connectivity index (χ4n) is 1.59. The van der Waals surface area contributed by atoms with Crippen LogP contribution >= 0.6 is 0 Å². The second-order valence-corrected chi connectivity index (χ2v) is 3.87. The van der Waals surface area contributed by atoms with Crippen LogP contribution in [-0.2, 0) is 5.60 Å². The van der Waals surface area contributed by atoms with E-state index in [0.29, 0.717) is 12.2 Å². The van der Waals surface area contributed by atoms with E-state index in [1.807, 2.05) is 24.3 Å². The van der Waals surface area contributed by atoms with Crippen molar-refractivity contribution in [3.63, 3.8) is 0 Å². The van der Waals surface area contributed by atoms with Gasteiger partial charge in [-0.25, -0.2) is 4.98 Å². The lowest BCUT2D eigenvalue weighted by molar-refractivity contribution is 0.0523. The summed E-state index contributed by atoms with van der Waals surface area (Å²) in [6.45, 7) is 5.35. The van der Waals surface area contributed by atoms with Crippen molar-refractivity contribution in [2.45, 2.75) is 18.9 Å². The van der Waals surface area contributed by atoms with Gasteiger partial charge in [-0.1, -0.05) is 18.2 Å². The van der Waals surface area contributed by atoms with Gasteiger partial charge in [-0.2, -0.15) is 0 Å². The lowest BCUT2D eigenvalue weighted by atomic mass is 10.0. The molecule has 78 valence electrons. The Hall–Kier alpha value is -1.61. The number of hydrogen-bond donors (Lipinski definition) is 2. The molecule has 3 nitrogen and oxygen atoms in total. The highest BCUT2D eigenvalue weighted by Gasteiger charge is 2.24. The van der Waals surface area contributed by atoms with E-state index >= 15 is 0 Å². The van der Waals surface area contributed by atoms with Crippen LogP contribution < -0.4 is 0 Å². The summed E-state index contributed by atoms with van der Waals surface area (Å²) in [6.07, 6.45) is 2.17. The minimum atomic E-state index is -0.971. The average Bonchev–Trinajstić information content (AvgIpc) is 2.61. The van der Waals surface area contributed by atoms with E-state index in [4.69, 9.17) is 0 Å². The van der Waals surface area contributed by atoms with Crippen LogP contribution in [-0.4, -0.2) is 15.1 Å². The first-order chi connectivity index (χ1) is 7.13. The lowest BCUT2D eigenvalue weighted by Crippen LogP contribution is -2.21. The molecule has 0 aliphatic carbocycles. The fraction of sp³-hybridized carbons (Fsp3) is 0.250. The average molecular weight is 202 g/mol. The number of aliphatic hydroxyl groups is 1. The number of benzene rings is 1. The van der Waals surface area contributed by atoms with Crippen LogP contribution in [0.15, 0.2) is 36.9 Å². The van der Waals surface area contributed by atoms with Crippen LogP contribution in [0.5, 0.6) is 0 Å². The number of aromatic amines is 1. The zero-order valence-electron chi connectivity index (χ0n) is 8.70. The van der Waals surface area contributed by atoms with E-state index < -0.39 is 5.60 Å². The van der Waals surface area contributed by atoms with E-state index in [1.165, 1.54) is 0 Å². The third-order valence-corrected chi connectivity index (χ3v) is 2.44. The second kappa shape index (κ2) is 3.51. The molecule has 1 aromatic carbocycles. The SMILES string of the molecule is C=CCC(C)(O)c1nc2ccccc2[nH]1. The Kier molecular flexibility index (Phi) is 2.32. The Morgan fingerprint density at radius 3 is 2.93 bits per heavy atom. The summed E-state index contributed by atoms with van der Waals surface area (Å²) in [4.78, 5) is 7.46.